The quantitative estimate of drug-likeness (QED) is 0.783. The Morgan fingerprint density at radius 3 is 3.10 bits per heavy atom. The molecule has 0 bridgehead atoms. The Labute approximate surface area is 123 Å². The highest BCUT2D eigenvalue weighted by Crippen LogP contribution is 2.19. The van der Waals surface area contributed by atoms with E-state index < -0.39 is 0 Å². The van der Waals surface area contributed by atoms with Gasteiger partial charge in [-0.15, -0.1) is 5.10 Å². The third-order valence-electron chi connectivity index (χ3n) is 3.43. The Kier molecular flexibility index (Phi) is 3.95. The molecule has 0 aromatic carbocycles. The number of nitrogen functional groups attached to an aromatic ring is 1. The van der Waals surface area contributed by atoms with Gasteiger partial charge in [0, 0.05) is 18.3 Å². The molecule has 1 aliphatic rings. The van der Waals surface area contributed by atoms with Crippen molar-refractivity contribution in [3.8, 4) is 11.4 Å². The standard InChI is InChI=1S/C15H18N6/c16-15-19-14(20-21-15)12-7-9-18-13(10-12)17-8-6-11-4-2-1-3-5-11/h1-4,7,9-11H,5-6,8H2,(H,17,18)(H3,16,19,20,21). The van der Waals surface area contributed by atoms with E-state index in [2.05, 4.69) is 49.8 Å². The van der Waals surface area contributed by atoms with E-state index in [4.69, 9.17) is 5.73 Å². The lowest BCUT2D eigenvalue weighted by molar-refractivity contribution is 0.614. The molecule has 1 aliphatic carbocycles. The van der Waals surface area contributed by atoms with E-state index in [1.807, 2.05) is 12.1 Å². The molecule has 3 rings (SSSR count). The Bertz CT molecular complexity index is 658. The van der Waals surface area contributed by atoms with E-state index in [-0.39, 0.29) is 5.95 Å². The third-order valence-corrected chi connectivity index (χ3v) is 3.43. The Morgan fingerprint density at radius 2 is 2.33 bits per heavy atom. The predicted octanol–water partition coefficient (Wildman–Crippen LogP) is 2.38. The number of hydrogen-bond donors (Lipinski definition) is 3. The van der Waals surface area contributed by atoms with Crippen molar-refractivity contribution in [3.63, 3.8) is 0 Å². The molecule has 1 atom stereocenters. The molecule has 108 valence electrons. The summed E-state index contributed by atoms with van der Waals surface area (Å²) in [4.78, 5) is 8.43. The van der Waals surface area contributed by atoms with Crippen LogP contribution in [0.3, 0.4) is 0 Å². The fourth-order valence-corrected chi connectivity index (χ4v) is 2.31. The van der Waals surface area contributed by atoms with Crippen molar-refractivity contribution in [2.24, 2.45) is 5.92 Å². The summed E-state index contributed by atoms with van der Waals surface area (Å²) in [7, 11) is 0. The summed E-state index contributed by atoms with van der Waals surface area (Å²) >= 11 is 0. The van der Waals surface area contributed by atoms with Gasteiger partial charge in [0.1, 0.15) is 5.82 Å². The van der Waals surface area contributed by atoms with Gasteiger partial charge in [0.05, 0.1) is 0 Å². The van der Waals surface area contributed by atoms with Crippen molar-refractivity contribution < 1.29 is 0 Å². The molecule has 0 radical (unpaired) electrons. The first kappa shape index (κ1) is 13.4. The number of aromatic nitrogens is 4. The first-order chi connectivity index (χ1) is 10.3. The minimum Gasteiger partial charge on any atom is -0.370 e. The fourth-order valence-electron chi connectivity index (χ4n) is 2.31. The minimum absolute atomic E-state index is 0.244. The largest absolute Gasteiger partial charge is 0.370 e. The molecular weight excluding hydrogens is 264 g/mol. The smallest absolute Gasteiger partial charge is 0.239 e. The number of nitrogens with one attached hydrogen (secondary N) is 2. The summed E-state index contributed by atoms with van der Waals surface area (Å²) in [6, 6.07) is 3.82. The van der Waals surface area contributed by atoms with Crippen LogP contribution in [0.1, 0.15) is 12.8 Å². The Hall–Kier alpha value is -2.63. The molecule has 0 amide bonds. The minimum atomic E-state index is 0.244. The maximum absolute atomic E-state index is 5.52. The Balaban J connectivity index is 1.58. The van der Waals surface area contributed by atoms with Gasteiger partial charge in [-0.3, -0.25) is 5.10 Å². The summed E-state index contributed by atoms with van der Waals surface area (Å²) in [5.74, 6) is 2.34. The highest BCUT2D eigenvalue weighted by atomic mass is 15.3. The number of rotatable bonds is 5. The second-order valence-electron chi connectivity index (χ2n) is 5.00. The summed E-state index contributed by atoms with van der Waals surface area (Å²) < 4.78 is 0. The van der Waals surface area contributed by atoms with E-state index in [1.54, 1.807) is 6.20 Å². The van der Waals surface area contributed by atoms with E-state index >= 15 is 0 Å². The van der Waals surface area contributed by atoms with Crippen molar-refractivity contribution in [3.05, 3.63) is 42.6 Å². The molecule has 6 heteroatoms. The predicted molar refractivity (Wildman–Crippen MR) is 83.5 cm³/mol. The molecule has 0 saturated carbocycles. The van der Waals surface area contributed by atoms with Gasteiger partial charge >= 0.3 is 0 Å². The lowest BCUT2D eigenvalue weighted by Crippen LogP contribution is -2.09. The SMILES string of the molecule is Nc1n[nH]c(-c2ccnc(NCCC3C=CC=CC3)c2)n1. The van der Waals surface area contributed by atoms with Crippen LogP contribution < -0.4 is 11.1 Å². The van der Waals surface area contributed by atoms with Crippen LogP contribution >= 0.6 is 0 Å². The van der Waals surface area contributed by atoms with E-state index in [9.17, 15) is 0 Å². The maximum atomic E-state index is 5.52. The molecule has 6 nitrogen and oxygen atoms in total. The Morgan fingerprint density at radius 1 is 1.38 bits per heavy atom. The average molecular weight is 282 g/mol. The summed E-state index contributed by atoms with van der Waals surface area (Å²) in [6.45, 7) is 0.887. The average Bonchev–Trinajstić information content (AvgIpc) is 2.95. The van der Waals surface area contributed by atoms with E-state index in [1.165, 1.54) is 0 Å². The fraction of sp³-hybridized carbons (Fsp3) is 0.267. The first-order valence-corrected chi connectivity index (χ1v) is 7.03. The number of anilines is 2. The number of nitrogens with two attached hydrogens (primary N) is 1. The molecular formula is C15H18N6. The lowest BCUT2D eigenvalue weighted by Gasteiger charge is -2.13. The summed E-state index contributed by atoms with van der Waals surface area (Å²) in [6.07, 6.45) is 12.6. The molecule has 2 aromatic rings. The number of nitrogens with zero attached hydrogens (tertiary/aromatic N) is 3. The maximum Gasteiger partial charge on any atom is 0.239 e. The van der Waals surface area contributed by atoms with Gasteiger partial charge in [-0.25, -0.2) is 4.98 Å². The lowest BCUT2D eigenvalue weighted by atomic mass is 9.97. The van der Waals surface area contributed by atoms with Crippen molar-refractivity contribution in [1.82, 2.24) is 20.2 Å². The van der Waals surface area contributed by atoms with Gasteiger partial charge in [0.25, 0.3) is 0 Å². The van der Waals surface area contributed by atoms with Crippen molar-refractivity contribution in [2.45, 2.75) is 12.8 Å². The normalized spacial score (nSPS) is 17.0. The topological polar surface area (TPSA) is 92.5 Å². The zero-order chi connectivity index (χ0) is 14.5. The van der Waals surface area contributed by atoms with Crippen LogP contribution in [0.25, 0.3) is 11.4 Å². The van der Waals surface area contributed by atoms with Gasteiger partial charge in [0.2, 0.25) is 5.95 Å². The summed E-state index contributed by atoms with van der Waals surface area (Å²) in [5, 5.41) is 9.98. The summed E-state index contributed by atoms with van der Waals surface area (Å²) in [5.41, 5.74) is 6.43. The number of pyridine rings is 1. The monoisotopic (exact) mass is 282 g/mol. The van der Waals surface area contributed by atoms with E-state index in [0.29, 0.717) is 11.7 Å². The number of allylic oxidation sites excluding steroid dienone is 4. The second kappa shape index (κ2) is 6.21. The van der Waals surface area contributed by atoms with Crippen LogP contribution in [0.2, 0.25) is 0 Å². The van der Waals surface area contributed by atoms with Gasteiger partial charge < -0.3 is 11.1 Å². The van der Waals surface area contributed by atoms with Crippen molar-refractivity contribution in [1.29, 1.82) is 0 Å². The first-order valence-electron chi connectivity index (χ1n) is 7.03. The van der Waals surface area contributed by atoms with Gasteiger partial charge in [0.15, 0.2) is 5.82 Å². The molecule has 2 heterocycles. The van der Waals surface area contributed by atoms with E-state index in [0.717, 1.165) is 30.8 Å². The zero-order valence-corrected chi connectivity index (χ0v) is 11.7. The molecule has 2 aromatic heterocycles. The molecule has 0 saturated heterocycles. The second-order valence-corrected chi connectivity index (χ2v) is 5.00. The van der Waals surface area contributed by atoms with Crippen LogP contribution in [-0.2, 0) is 0 Å². The molecule has 0 fully saturated rings. The zero-order valence-electron chi connectivity index (χ0n) is 11.7. The molecule has 0 spiro atoms. The molecule has 4 N–H and O–H groups in total. The molecule has 1 unspecified atom stereocenters. The highest BCUT2D eigenvalue weighted by molar-refractivity contribution is 5.59. The van der Waals surface area contributed by atoms with Crippen LogP contribution in [0.15, 0.2) is 42.6 Å². The number of H-pyrrole nitrogens is 1. The van der Waals surface area contributed by atoms with Crippen LogP contribution in [0.5, 0.6) is 0 Å². The van der Waals surface area contributed by atoms with Gasteiger partial charge in [-0.2, -0.15) is 4.98 Å². The molecule has 21 heavy (non-hydrogen) atoms. The van der Waals surface area contributed by atoms with Gasteiger partial charge in [-0.05, 0) is 30.9 Å². The van der Waals surface area contributed by atoms with Crippen molar-refractivity contribution in [2.75, 3.05) is 17.6 Å². The molecule has 0 aliphatic heterocycles. The van der Waals surface area contributed by atoms with Gasteiger partial charge in [-0.1, -0.05) is 24.3 Å². The number of hydrogen-bond acceptors (Lipinski definition) is 5. The third kappa shape index (κ3) is 3.47. The van der Waals surface area contributed by atoms with Crippen LogP contribution in [-0.4, -0.2) is 26.7 Å². The van der Waals surface area contributed by atoms with Crippen LogP contribution in [0.4, 0.5) is 11.8 Å². The van der Waals surface area contributed by atoms with Crippen molar-refractivity contribution >= 4 is 11.8 Å². The number of aromatic amines is 1. The van der Waals surface area contributed by atoms with Crippen LogP contribution in [0, 0.1) is 5.92 Å². The highest BCUT2D eigenvalue weighted by Gasteiger charge is 2.07.